The molecule has 0 atom stereocenters. The van der Waals surface area contributed by atoms with Gasteiger partial charge in [0.05, 0.1) is 24.5 Å². The Hall–Kier alpha value is -2.87. The lowest BCUT2D eigenvalue weighted by Crippen LogP contribution is -2.59. The minimum absolute atomic E-state index is 0.0955. The van der Waals surface area contributed by atoms with Crippen LogP contribution in [0.5, 0.6) is 5.75 Å². The average Bonchev–Trinajstić information content (AvgIpc) is 2.98. The van der Waals surface area contributed by atoms with E-state index in [0.29, 0.717) is 15.4 Å². The zero-order valence-corrected chi connectivity index (χ0v) is 16.3. The Balaban J connectivity index is 1.44. The fraction of sp³-hybridized carbons (Fsp3) is 0.316. The van der Waals surface area contributed by atoms with Crippen LogP contribution in [-0.4, -0.2) is 42.3 Å². The zero-order chi connectivity index (χ0) is 19.1. The Morgan fingerprint density at radius 1 is 1.26 bits per heavy atom. The van der Waals surface area contributed by atoms with E-state index >= 15 is 0 Å². The molecule has 27 heavy (non-hydrogen) atoms. The van der Waals surface area contributed by atoms with Gasteiger partial charge in [0.25, 0.3) is 5.91 Å². The molecule has 8 heteroatoms. The van der Waals surface area contributed by atoms with Crippen LogP contribution >= 0.6 is 11.3 Å². The molecular weight excluding hydrogens is 362 g/mol. The Bertz CT molecular complexity index is 1010. The van der Waals surface area contributed by atoms with Crippen molar-refractivity contribution >= 4 is 38.8 Å². The van der Waals surface area contributed by atoms with Gasteiger partial charge in [-0.2, -0.15) is 5.10 Å². The molecule has 3 N–H and O–H groups in total. The van der Waals surface area contributed by atoms with Gasteiger partial charge in [-0.1, -0.05) is 0 Å². The lowest BCUT2D eigenvalue weighted by atomic mass is 10.1. The van der Waals surface area contributed by atoms with E-state index in [1.54, 1.807) is 7.11 Å². The van der Waals surface area contributed by atoms with Crippen molar-refractivity contribution in [2.75, 3.05) is 30.8 Å². The van der Waals surface area contributed by atoms with Crippen LogP contribution in [0.4, 0.5) is 11.4 Å². The summed E-state index contributed by atoms with van der Waals surface area (Å²) in [5.41, 5.74) is 9.66. The number of anilines is 2. The first-order chi connectivity index (χ1) is 13.0. The van der Waals surface area contributed by atoms with Gasteiger partial charge in [0, 0.05) is 24.2 Å². The van der Waals surface area contributed by atoms with E-state index in [9.17, 15) is 4.79 Å². The third-order valence-electron chi connectivity index (χ3n) is 5.00. The molecule has 7 nitrogen and oxygen atoms in total. The number of carbonyl (C=O) groups is 1. The van der Waals surface area contributed by atoms with Crippen LogP contribution in [0.1, 0.15) is 20.9 Å². The summed E-state index contributed by atoms with van der Waals surface area (Å²) in [5.74, 6) is 0.685. The molecule has 3 aromatic rings. The number of aromatic nitrogens is 2. The SMILES string of the molecule is COc1ccc(N2CC(NC(=O)c3sc4nnc(C)c(C)c4c3N)C2)cc1. The number of hydrogen-bond acceptors (Lipinski definition) is 7. The molecule has 0 radical (unpaired) electrons. The van der Waals surface area contributed by atoms with Crippen LogP contribution in [0.2, 0.25) is 0 Å². The maximum atomic E-state index is 12.7. The Kier molecular flexibility index (Phi) is 4.35. The van der Waals surface area contributed by atoms with Gasteiger partial charge >= 0.3 is 0 Å². The highest BCUT2D eigenvalue weighted by molar-refractivity contribution is 7.21. The quantitative estimate of drug-likeness (QED) is 0.719. The average molecular weight is 383 g/mol. The summed E-state index contributed by atoms with van der Waals surface area (Å²) in [7, 11) is 1.65. The summed E-state index contributed by atoms with van der Waals surface area (Å²) in [6, 6.07) is 8.00. The van der Waals surface area contributed by atoms with E-state index in [-0.39, 0.29) is 11.9 Å². The van der Waals surface area contributed by atoms with Crippen molar-refractivity contribution in [3.8, 4) is 5.75 Å². The number of aryl methyl sites for hydroxylation is 2. The highest BCUT2D eigenvalue weighted by Crippen LogP contribution is 2.35. The highest BCUT2D eigenvalue weighted by atomic mass is 32.1. The second kappa shape index (κ2) is 6.70. The summed E-state index contributed by atoms with van der Waals surface area (Å²) >= 11 is 1.29. The van der Waals surface area contributed by atoms with Gasteiger partial charge in [0.2, 0.25) is 0 Å². The molecule has 0 saturated carbocycles. The molecule has 1 saturated heterocycles. The maximum Gasteiger partial charge on any atom is 0.263 e. The molecule has 1 aliphatic heterocycles. The summed E-state index contributed by atoms with van der Waals surface area (Å²) in [6.45, 7) is 5.37. The van der Waals surface area contributed by atoms with Gasteiger partial charge in [0.1, 0.15) is 15.5 Å². The fourth-order valence-electron chi connectivity index (χ4n) is 3.23. The third-order valence-corrected chi connectivity index (χ3v) is 6.08. The number of methoxy groups -OCH3 is 1. The number of nitrogens with two attached hydrogens (primary N) is 1. The second-order valence-electron chi connectivity index (χ2n) is 6.71. The number of thiophene rings is 1. The van der Waals surface area contributed by atoms with Crippen LogP contribution in [0.3, 0.4) is 0 Å². The van der Waals surface area contributed by atoms with Crippen LogP contribution in [-0.2, 0) is 0 Å². The zero-order valence-electron chi connectivity index (χ0n) is 15.4. The molecule has 1 amide bonds. The number of ether oxygens (including phenoxy) is 1. The van der Waals surface area contributed by atoms with Crippen molar-refractivity contribution < 1.29 is 9.53 Å². The van der Waals surface area contributed by atoms with Crippen molar-refractivity contribution in [2.24, 2.45) is 0 Å². The van der Waals surface area contributed by atoms with Gasteiger partial charge < -0.3 is 20.7 Å². The van der Waals surface area contributed by atoms with Gasteiger partial charge in [-0.25, -0.2) is 0 Å². The Morgan fingerprint density at radius 2 is 1.96 bits per heavy atom. The standard InChI is InChI=1S/C19H21N5O2S/c1-10-11(2)22-23-19-15(10)16(20)17(27-19)18(25)21-12-8-24(9-12)13-4-6-14(26-3)7-5-13/h4-7,12H,8-9,20H2,1-3H3,(H,21,25). The predicted octanol–water partition coefficient (Wildman–Crippen LogP) is 2.52. The fourth-order valence-corrected chi connectivity index (χ4v) is 4.24. The molecule has 140 valence electrons. The molecule has 1 aliphatic rings. The van der Waals surface area contributed by atoms with E-state index in [2.05, 4.69) is 20.4 Å². The largest absolute Gasteiger partial charge is 0.497 e. The van der Waals surface area contributed by atoms with E-state index in [1.165, 1.54) is 11.3 Å². The number of fused-ring (bicyclic) bond motifs is 1. The summed E-state index contributed by atoms with van der Waals surface area (Å²) in [4.78, 5) is 16.1. The van der Waals surface area contributed by atoms with Crippen molar-refractivity contribution in [2.45, 2.75) is 19.9 Å². The number of benzene rings is 1. The molecule has 3 heterocycles. The van der Waals surface area contributed by atoms with Gasteiger partial charge in [-0.3, -0.25) is 4.79 Å². The van der Waals surface area contributed by atoms with Gasteiger partial charge in [0.15, 0.2) is 0 Å². The Morgan fingerprint density at radius 3 is 2.63 bits per heavy atom. The van der Waals surface area contributed by atoms with Gasteiger partial charge in [-0.05, 0) is 43.7 Å². The third kappa shape index (κ3) is 3.06. The lowest BCUT2D eigenvalue weighted by molar-refractivity contribution is 0.0935. The molecule has 0 bridgehead atoms. The van der Waals surface area contributed by atoms with Crippen LogP contribution < -0.4 is 20.7 Å². The first kappa shape index (κ1) is 17.5. The summed E-state index contributed by atoms with van der Waals surface area (Å²) < 4.78 is 5.18. The topological polar surface area (TPSA) is 93.4 Å². The number of nitrogens with zero attached hydrogens (tertiary/aromatic N) is 3. The molecule has 4 rings (SSSR count). The van der Waals surface area contributed by atoms with Crippen molar-refractivity contribution in [1.29, 1.82) is 0 Å². The van der Waals surface area contributed by atoms with E-state index in [1.807, 2.05) is 38.1 Å². The summed E-state index contributed by atoms with van der Waals surface area (Å²) in [6.07, 6.45) is 0. The molecule has 0 aliphatic carbocycles. The first-order valence-corrected chi connectivity index (χ1v) is 9.51. The normalized spacial score (nSPS) is 14.3. The number of nitrogens with one attached hydrogen (secondary N) is 1. The molecule has 1 fully saturated rings. The van der Waals surface area contributed by atoms with Crippen molar-refractivity contribution in [1.82, 2.24) is 15.5 Å². The molecule has 0 spiro atoms. The van der Waals surface area contributed by atoms with Crippen LogP contribution in [0.15, 0.2) is 24.3 Å². The van der Waals surface area contributed by atoms with E-state index in [0.717, 1.165) is 41.2 Å². The van der Waals surface area contributed by atoms with Crippen LogP contribution in [0.25, 0.3) is 10.2 Å². The minimum Gasteiger partial charge on any atom is -0.497 e. The summed E-state index contributed by atoms with van der Waals surface area (Å²) in [5, 5.41) is 12.2. The van der Waals surface area contributed by atoms with Crippen molar-refractivity contribution in [3.05, 3.63) is 40.4 Å². The van der Waals surface area contributed by atoms with Gasteiger partial charge in [-0.15, -0.1) is 16.4 Å². The maximum absolute atomic E-state index is 12.7. The molecule has 0 unspecified atom stereocenters. The highest BCUT2D eigenvalue weighted by Gasteiger charge is 2.30. The molecule has 1 aromatic carbocycles. The predicted molar refractivity (Wildman–Crippen MR) is 108 cm³/mol. The first-order valence-electron chi connectivity index (χ1n) is 8.69. The van der Waals surface area contributed by atoms with E-state index in [4.69, 9.17) is 10.5 Å². The number of hydrogen-bond donors (Lipinski definition) is 2. The minimum atomic E-state index is -0.146. The smallest absolute Gasteiger partial charge is 0.263 e. The number of carbonyl (C=O) groups excluding carboxylic acids is 1. The second-order valence-corrected chi connectivity index (χ2v) is 7.71. The number of rotatable bonds is 4. The monoisotopic (exact) mass is 383 g/mol. The Labute approximate surface area is 161 Å². The van der Waals surface area contributed by atoms with E-state index < -0.39 is 0 Å². The molecule has 2 aromatic heterocycles. The number of amides is 1. The van der Waals surface area contributed by atoms with Crippen molar-refractivity contribution in [3.63, 3.8) is 0 Å². The molecular formula is C19H21N5O2S. The number of nitrogen functional groups attached to an aromatic ring is 1. The van der Waals surface area contributed by atoms with Crippen LogP contribution in [0, 0.1) is 13.8 Å². The lowest BCUT2D eigenvalue weighted by Gasteiger charge is -2.41.